The number of nitrogens with zero attached hydrogens (tertiary/aromatic N) is 1. The highest BCUT2D eigenvalue weighted by Crippen LogP contribution is 2.34. The highest BCUT2D eigenvalue weighted by Gasteiger charge is 2.29. The highest BCUT2D eigenvalue weighted by molar-refractivity contribution is 5.16. The second kappa shape index (κ2) is 5.45. The van der Waals surface area contributed by atoms with Crippen LogP contribution in [-0.4, -0.2) is 25.0 Å². The number of furan rings is 1. The average Bonchev–Trinajstić information content (AvgIpc) is 3.25. The van der Waals surface area contributed by atoms with Gasteiger partial charge in [-0.15, -0.1) is 0 Å². The molecule has 0 unspecified atom stereocenters. The number of hydrogen-bond donors (Lipinski definition) is 1. The molecular weight excluding hydrogens is 224 g/mol. The van der Waals surface area contributed by atoms with Crippen molar-refractivity contribution in [3.05, 3.63) is 23.7 Å². The van der Waals surface area contributed by atoms with Crippen molar-refractivity contribution in [2.45, 2.75) is 38.8 Å². The lowest BCUT2D eigenvalue weighted by Gasteiger charge is -2.21. The van der Waals surface area contributed by atoms with Gasteiger partial charge in [0.2, 0.25) is 0 Å². The summed E-state index contributed by atoms with van der Waals surface area (Å²) in [6.07, 6.45) is 7.56. The second-order valence-corrected chi connectivity index (χ2v) is 5.98. The topological polar surface area (TPSA) is 28.4 Å². The van der Waals surface area contributed by atoms with E-state index in [9.17, 15) is 0 Å². The molecule has 3 nitrogen and oxygen atoms in total. The molecule has 2 fully saturated rings. The summed E-state index contributed by atoms with van der Waals surface area (Å²) in [6, 6.07) is 2.10. The van der Waals surface area contributed by atoms with Gasteiger partial charge in [-0.1, -0.05) is 0 Å². The molecule has 0 spiro atoms. The molecule has 0 aromatic carbocycles. The largest absolute Gasteiger partial charge is 0.468 e. The number of rotatable bonds is 8. The standard InChI is InChI=1S/C15H24N2O/c1-16-8-14-6-7-18-15(14)11-17(9-12-2-3-12)10-13-4-5-13/h6-7,12-13,16H,2-5,8-11H2,1H3. The SMILES string of the molecule is CNCc1ccoc1CN(CC1CC1)CC1CC1. The Morgan fingerprint density at radius 2 is 1.89 bits per heavy atom. The zero-order valence-corrected chi connectivity index (χ0v) is 11.3. The Balaban J connectivity index is 1.59. The third kappa shape index (κ3) is 3.36. The van der Waals surface area contributed by atoms with E-state index >= 15 is 0 Å². The van der Waals surface area contributed by atoms with Crippen LogP contribution in [0.4, 0.5) is 0 Å². The first-order valence-corrected chi connectivity index (χ1v) is 7.27. The lowest BCUT2D eigenvalue weighted by molar-refractivity contribution is 0.224. The minimum atomic E-state index is 0.909. The van der Waals surface area contributed by atoms with Crippen molar-refractivity contribution in [3.63, 3.8) is 0 Å². The first-order valence-electron chi connectivity index (χ1n) is 7.27. The predicted molar refractivity (Wildman–Crippen MR) is 72.2 cm³/mol. The van der Waals surface area contributed by atoms with Gasteiger partial charge in [0.1, 0.15) is 5.76 Å². The summed E-state index contributed by atoms with van der Waals surface area (Å²) in [7, 11) is 1.99. The molecule has 2 aliphatic carbocycles. The smallest absolute Gasteiger partial charge is 0.122 e. The Morgan fingerprint density at radius 3 is 2.44 bits per heavy atom. The summed E-state index contributed by atoms with van der Waals surface area (Å²) >= 11 is 0. The minimum absolute atomic E-state index is 0.909. The first-order chi connectivity index (χ1) is 8.85. The second-order valence-electron chi connectivity index (χ2n) is 5.98. The lowest BCUT2D eigenvalue weighted by atomic mass is 10.2. The van der Waals surface area contributed by atoms with Crippen molar-refractivity contribution in [1.29, 1.82) is 0 Å². The molecule has 0 bridgehead atoms. The summed E-state index contributed by atoms with van der Waals surface area (Å²) in [5.41, 5.74) is 1.31. The maximum Gasteiger partial charge on any atom is 0.122 e. The van der Waals surface area contributed by atoms with Crippen LogP contribution < -0.4 is 5.32 Å². The van der Waals surface area contributed by atoms with E-state index in [2.05, 4.69) is 16.3 Å². The molecule has 0 atom stereocenters. The minimum Gasteiger partial charge on any atom is -0.468 e. The van der Waals surface area contributed by atoms with Gasteiger partial charge in [0, 0.05) is 25.2 Å². The van der Waals surface area contributed by atoms with Crippen LogP contribution in [0.1, 0.15) is 37.0 Å². The molecular formula is C15H24N2O. The summed E-state index contributed by atoms with van der Waals surface area (Å²) in [5, 5.41) is 3.21. The van der Waals surface area contributed by atoms with E-state index in [0.29, 0.717) is 0 Å². The molecule has 3 rings (SSSR count). The molecule has 0 saturated heterocycles. The Bertz CT molecular complexity index is 366. The van der Waals surface area contributed by atoms with E-state index in [1.54, 1.807) is 0 Å². The van der Waals surface area contributed by atoms with E-state index < -0.39 is 0 Å². The number of hydrogen-bond acceptors (Lipinski definition) is 3. The zero-order valence-electron chi connectivity index (χ0n) is 11.3. The molecule has 18 heavy (non-hydrogen) atoms. The summed E-state index contributed by atoms with van der Waals surface area (Å²) in [6.45, 7) is 4.45. The summed E-state index contributed by atoms with van der Waals surface area (Å²) in [5.74, 6) is 3.09. The number of nitrogens with one attached hydrogen (secondary N) is 1. The fraction of sp³-hybridized carbons (Fsp3) is 0.733. The third-order valence-corrected chi connectivity index (χ3v) is 4.00. The normalized spacial score (nSPS) is 19.7. The van der Waals surface area contributed by atoms with Crippen LogP contribution >= 0.6 is 0 Å². The molecule has 1 N–H and O–H groups in total. The molecule has 2 saturated carbocycles. The maximum absolute atomic E-state index is 5.67. The van der Waals surface area contributed by atoms with Crippen LogP contribution in [0.15, 0.2) is 16.7 Å². The maximum atomic E-state index is 5.67. The van der Waals surface area contributed by atoms with Crippen LogP contribution in [0.25, 0.3) is 0 Å². The lowest BCUT2D eigenvalue weighted by Crippen LogP contribution is -2.28. The van der Waals surface area contributed by atoms with Gasteiger partial charge >= 0.3 is 0 Å². The Hall–Kier alpha value is -0.800. The van der Waals surface area contributed by atoms with Gasteiger partial charge < -0.3 is 9.73 Å². The molecule has 0 radical (unpaired) electrons. The van der Waals surface area contributed by atoms with Gasteiger partial charge in [-0.2, -0.15) is 0 Å². The van der Waals surface area contributed by atoms with Crippen LogP contribution in [0.3, 0.4) is 0 Å². The zero-order chi connectivity index (χ0) is 12.4. The summed E-state index contributed by atoms with van der Waals surface area (Å²) < 4.78 is 5.67. The molecule has 1 aromatic rings. The van der Waals surface area contributed by atoms with Crippen LogP contribution in [-0.2, 0) is 13.1 Å². The van der Waals surface area contributed by atoms with Crippen LogP contribution in [0.2, 0.25) is 0 Å². The fourth-order valence-corrected chi connectivity index (χ4v) is 2.59. The van der Waals surface area contributed by atoms with Gasteiger partial charge in [-0.25, -0.2) is 0 Å². The monoisotopic (exact) mass is 248 g/mol. The van der Waals surface area contributed by atoms with Gasteiger partial charge in [0.15, 0.2) is 0 Å². The highest BCUT2D eigenvalue weighted by atomic mass is 16.3. The van der Waals surface area contributed by atoms with Crippen molar-refractivity contribution in [2.24, 2.45) is 11.8 Å². The van der Waals surface area contributed by atoms with Gasteiger partial charge in [-0.05, 0) is 50.6 Å². The van der Waals surface area contributed by atoms with Gasteiger partial charge in [0.05, 0.1) is 12.8 Å². The molecule has 0 aliphatic heterocycles. The Morgan fingerprint density at radius 1 is 1.22 bits per heavy atom. The van der Waals surface area contributed by atoms with E-state index in [1.807, 2.05) is 13.3 Å². The average molecular weight is 248 g/mol. The molecule has 1 heterocycles. The van der Waals surface area contributed by atoms with Crippen molar-refractivity contribution in [1.82, 2.24) is 10.2 Å². The van der Waals surface area contributed by atoms with Crippen molar-refractivity contribution < 1.29 is 4.42 Å². The van der Waals surface area contributed by atoms with E-state index in [-0.39, 0.29) is 0 Å². The van der Waals surface area contributed by atoms with Crippen molar-refractivity contribution in [3.8, 4) is 0 Å². The Labute approximate surface area is 110 Å². The van der Waals surface area contributed by atoms with Crippen molar-refractivity contribution in [2.75, 3.05) is 20.1 Å². The van der Waals surface area contributed by atoms with Crippen molar-refractivity contribution >= 4 is 0 Å². The van der Waals surface area contributed by atoms with Gasteiger partial charge in [0.25, 0.3) is 0 Å². The molecule has 0 amide bonds. The molecule has 1 aromatic heterocycles. The quantitative estimate of drug-likeness (QED) is 0.766. The molecule has 2 aliphatic rings. The van der Waals surface area contributed by atoms with Gasteiger partial charge in [-0.3, -0.25) is 4.90 Å². The molecule has 3 heteroatoms. The predicted octanol–water partition coefficient (Wildman–Crippen LogP) is 2.62. The van der Waals surface area contributed by atoms with E-state index in [4.69, 9.17) is 4.42 Å². The van der Waals surface area contributed by atoms with Crippen LogP contribution in [0.5, 0.6) is 0 Å². The van der Waals surface area contributed by atoms with E-state index in [1.165, 1.54) is 44.3 Å². The fourth-order valence-electron chi connectivity index (χ4n) is 2.59. The first kappa shape index (κ1) is 12.2. The Kier molecular flexibility index (Phi) is 3.71. The van der Waals surface area contributed by atoms with E-state index in [0.717, 1.165) is 30.7 Å². The van der Waals surface area contributed by atoms with Crippen LogP contribution in [0, 0.1) is 11.8 Å². The molecule has 100 valence electrons. The third-order valence-electron chi connectivity index (χ3n) is 4.00. The summed E-state index contributed by atoms with van der Waals surface area (Å²) in [4.78, 5) is 2.62.